The summed E-state index contributed by atoms with van der Waals surface area (Å²) in [6, 6.07) is -8.39. The fourth-order valence-corrected chi connectivity index (χ4v) is 5.85. The molecule has 0 unspecified atom stereocenters. The number of nitrogens with one attached hydrogen (secondary N) is 7. The molecule has 6 atom stereocenters. The topological polar surface area (TPSA) is 392 Å². The van der Waals surface area contributed by atoms with Crippen LogP contribution in [0.3, 0.4) is 0 Å². The molecule has 0 saturated carbocycles. The molecule has 6 amide bonds. The summed E-state index contributed by atoms with van der Waals surface area (Å²) in [5, 5.41) is 51.6. The van der Waals surface area contributed by atoms with Crippen LogP contribution in [0.15, 0.2) is 4.99 Å². The van der Waals surface area contributed by atoms with Gasteiger partial charge < -0.3 is 27.8 Å². The number of nitrogens with zero attached hydrogens (tertiary/aromatic N) is 1. The minimum atomic E-state index is -1.72. The van der Waals surface area contributed by atoms with Gasteiger partial charge in [0, 0.05) is 6.54 Å². The molecule has 0 aromatic carbocycles. The summed E-state index contributed by atoms with van der Waals surface area (Å²) in [6.07, 6.45) is 0.383. The molecule has 0 spiro atoms. The Balaban J connectivity index is 5.32. The molecule has 0 aliphatic heterocycles. The standard InChI is InChI=1S/C27H49N11O12SSe/c1-12(2)20(37-21(44)13(33-18(42)6-28)4-3-5-31-27(29)30)24(47)32-7-19(43)34-14(8-39)22(45)35-15(9-40)23(46)36-16(10-41)26(50)52-38-17(11-51)25(48)49/h12-17,20,38-41,51H,3-11,28H2,1-2H3,(H,32,47)(H,33,42)(H,34,43)(H,35,45)(H,36,46)(H,37,44)(H,48,49)(H4,29,30,31)/t13-,14-,15-,16-,17-,20-/m0/s1. The number of guanidine groups is 1. The molecule has 25 heteroatoms. The second kappa shape index (κ2) is 25.8. The zero-order valence-electron chi connectivity index (χ0n) is 28.5. The average molecular weight is 831 g/mol. The first-order valence-electron chi connectivity index (χ1n) is 15.6. The molecule has 0 bridgehead atoms. The van der Waals surface area contributed by atoms with Crippen molar-refractivity contribution < 1.29 is 58.8 Å². The first-order valence-corrected chi connectivity index (χ1v) is 18.0. The number of thiol groups is 1. The van der Waals surface area contributed by atoms with E-state index in [9.17, 15) is 53.7 Å². The SMILES string of the molecule is CC(C)[C@H](NC(=O)[C@H](CCCN=C(N)N)NC(=O)CN)C(=O)NCC(=O)N[C@@H](CO)C(=O)N[C@@H](CO)C(=O)N[C@@H](CO)C(=O)[Se]N[C@@H](CS)C(=O)O. The van der Waals surface area contributed by atoms with E-state index < -0.39 is 136 Å². The normalized spacial score (nSPS) is 14.3. The van der Waals surface area contributed by atoms with Crippen LogP contribution in [-0.2, 0) is 38.4 Å². The summed E-state index contributed by atoms with van der Waals surface area (Å²) in [4.78, 5) is 103. The van der Waals surface area contributed by atoms with E-state index in [2.05, 4.69) is 53.9 Å². The Kier molecular flexibility index (Phi) is 23.8. The summed E-state index contributed by atoms with van der Waals surface area (Å²) in [5.41, 5.74) is 15.9. The van der Waals surface area contributed by atoms with Crippen molar-refractivity contribution in [3.63, 3.8) is 0 Å². The van der Waals surface area contributed by atoms with Crippen LogP contribution in [0.5, 0.6) is 0 Å². The van der Waals surface area contributed by atoms with Crippen LogP contribution in [0.1, 0.15) is 26.7 Å². The molecule has 0 aromatic heterocycles. The number of rotatable bonds is 26. The van der Waals surface area contributed by atoms with Crippen LogP contribution in [0.2, 0.25) is 0 Å². The van der Waals surface area contributed by atoms with Gasteiger partial charge in [-0.1, -0.05) is 13.8 Å². The summed E-state index contributed by atoms with van der Waals surface area (Å²) in [6.45, 7) is -0.663. The number of carboxylic acid groups (broad SMARTS) is 1. The molecule has 0 heterocycles. The predicted molar refractivity (Wildman–Crippen MR) is 187 cm³/mol. The van der Waals surface area contributed by atoms with Gasteiger partial charge in [0.2, 0.25) is 17.7 Å². The van der Waals surface area contributed by atoms with Crippen molar-refractivity contribution in [1.29, 1.82) is 0 Å². The molecule has 0 saturated heterocycles. The predicted octanol–water partition coefficient (Wildman–Crippen LogP) is -8.71. The van der Waals surface area contributed by atoms with E-state index in [1.165, 1.54) is 0 Å². The van der Waals surface area contributed by atoms with Gasteiger partial charge in [-0.15, -0.1) is 0 Å². The maximum atomic E-state index is 13.0. The maximum absolute atomic E-state index is 13.0. The van der Waals surface area contributed by atoms with E-state index in [0.29, 0.717) is 0 Å². The number of aliphatic carboxylic acids is 1. The van der Waals surface area contributed by atoms with Gasteiger partial charge in [0.05, 0.1) is 6.54 Å². The number of aliphatic hydroxyl groups is 3. The number of hydrogen-bond acceptors (Lipinski definition) is 15. The molecule has 23 nitrogen and oxygen atoms in total. The third-order valence-corrected chi connectivity index (χ3v) is 8.90. The van der Waals surface area contributed by atoms with E-state index in [4.69, 9.17) is 22.3 Å². The number of aliphatic hydroxyl groups excluding tert-OH is 3. The third kappa shape index (κ3) is 18.4. The van der Waals surface area contributed by atoms with Crippen molar-refractivity contribution >= 4 is 79.9 Å². The number of nitrogens with two attached hydrogens (primary N) is 3. The van der Waals surface area contributed by atoms with Crippen molar-refractivity contribution in [2.24, 2.45) is 28.1 Å². The molecule has 52 heavy (non-hydrogen) atoms. The van der Waals surface area contributed by atoms with E-state index in [1.807, 2.05) is 0 Å². The summed E-state index contributed by atoms with van der Waals surface area (Å²) in [5.74, 6) is -7.50. The number of amides is 6. The van der Waals surface area contributed by atoms with Crippen molar-refractivity contribution in [1.82, 2.24) is 36.2 Å². The Morgan fingerprint density at radius 1 is 0.731 bits per heavy atom. The second-order valence-electron chi connectivity index (χ2n) is 11.1. The van der Waals surface area contributed by atoms with Crippen molar-refractivity contribution in [3.8, 4) is 0 Å². The summed E-state index contributed by atoms with van der Waals surface area (Å²) in [7, 11) is 0. The Hall–Kier alpha value is -4.10. The third-order valence-electron chi connectivity index (χ3n) is 6.67. The van der Waals surface area contributed by atoms with Crippen LogP contribution in [0.25, 0.3) is 0 Å². The second-order valence-corrected chi connectivity index (χ2v) is 13.3. The van der Waals surface area contributed by atoms with Crippen LogP contribution >= 0.6 is 12.6 Å². The van der Waals surface area contributed by atoms with Crippen LogP contribution in [0, 0.1) is 5.92 Å². The molecule has 0 aliphatic carbocycles. The number of hydrogen-bond donors (Lipinski definition) is 15. The molecule has 0 aliphatic rings. The monoisotopic (exact) mass is 831 g/mol. The molecular weight excluding hydrogens is 781 g/mol. The van der Waals surface area contributed by atoms with Crippen molar-refractivity contribution in [2.45, 2.75) is 62.9 Å². The molecule has 0 radical (unpaired) electrons. The number of aliphatic imine (C=N–C) groups is 1. The zero-order valence-corrected chi connectivity index (χ0v) is 31.1. The van der Waals surface area contributed by atoms with Gasteiger partial charge in [0.25, 0.3) is 0 Å². The van der Waals surface area contributed by atoms with Crippen molar-refractivity contribution in [3.05, 3.63) is 0 Å². The first-order chi connectivity index (χ1) is 24.4. The Morgan fingerprint density at radius 2 is 1.25 bits per heavy atom. The van der Waals surface area contributed by atoms with Crippen molar-refractivity contribution in [2.75, 3.05) is 45.2 Å². The zero-order chi connectivity index (χ0) is 40.0. The number of carbonyl (C=O) groups excluding carboxylic acids is 7. The first kappa shape index (κ1) is 47.9. The molecule has 17 N–H and O–H groups in total. The summed E-state index contributed by atoms with van der Waals surface area (Å²) >= 11 is 2.64. The Bertz CT molecular complexity index is 1280. The Labute approximate surface area is 310 Å². The van der Waals surface area contributed by atoms with Gasteiger partial charge in [0.15, 0.2) is 5.96 Å². The molecule has 0 rings (SSSR count). The fourth-order valence-electron chi connectivity index (χ4n) is 3.82. The number of carbonyl (C=O) groups is 8. The van der Waals surface area contributed by atoms with Gasteiger partial charge in [-0.05, 0) is 18.8 Å². The van der Waals surface area contributed by atoms with Crippen LogP contribution in [-0.4, -0.2) is 169 Å². The molecule has 296 valence electrons. The fraction of sp³-hybridized carbons (Fsp3) is 0.667. The van der Waals surface area contributed by atoms with E-state index >= 15 is 0 Å². The van der Waals surface area contributed by atoms with E-state index in [0.717, 1.165) is 0 Å². The van der Waals surface area contributed by atoms with Gasteiger partial charge in [-0.25, -0.2) is 0 Å². The Morgan fingerprint density at radius 3 is 1.73 bits per heavy atom. The van der Waals surface area contributed by atoms with Crippen LogP contribution in [0.4, 0.5) is 0 Å². The van der Waals surface area contributed by atoms with E-state index in [1.54, 1.807) is 13.8 Å². The van der Waals surface area contributed by atoms with Gasteiger partial charge in [-0.3, -0.25) is 19.4 Å². The minimum absolute atomic E-state index is 0.0939. The quantitative estimate of drug-likeness (QED) is 0.0127. The number of carboxylic acids is 1. The summed E-state index contributed by atoms with van der Waals surface area (Å²) < 4.78 is 1.68. The average Bonchev–Trinajstić information content (AvgIpc) is 3.09. The van der Waals surface area contributed by atoms with Gasteiger partial charge in [-0.2, -0.15) is 0 Å². The molecule has 0 aromatic rings. The molecule has 0 fully saturated rings. The van der Waals surface area contributed by atoms with Gasteiger partial charge >= 0.3 is 182 Å². The van der Waals surface area contributed by atoms with Gasteiger partial charge in [0.1, 0.15) is 12.1 Å². The van der Waals surface area contributed by atoms with E-state index in [-0.39, 0.29) is 31.1 Å². The van der Waals surface area contributed by atoms with Crippen LogP contribution < -0.4 is 53.4 Å². The molecular formula is C27H49N11O12SSe.